The first-order valence-corrected chi connectivity index (χ1v) is 7.37. The SMILES string of the molecule is CCc1cc(C(N)CC2CCCNC2)ccc1OC. The van der Waals surface area contributed by atoms with Crippen molar-refractivity contribution in [1.82, 2.24) is 5.32 Å². The molecule has 2 rings (SSSR count). The topological polar surface area (TPSA) is 47.3 Å². The maximum absolute atomic E-state index is 6.37. The van der Waals surface area contributed by atoms with Crippen molar-refractivity contribution in [2.75, 3.05) is 20.2 Å². The van der Waals surface area contributed by atoms with Gasteiger partial charge in [0.05, 0.1) is 7.11 Å². The summed E-state index contributed by atoms with van der Waals surface area (Å²) in [6.45, 7) is 4.43. The molecule has 0 radical (unpaired) electrons. The van der Waals surface area contributed by atoms with Crippen LogP contribution >= 0.6 is 0 Å². The Labute approximate surface area is 116 Å². The lowest BCUT2D eigenvalue weighted by Crippen LogP contribution is -2.31. The number of nitrogens with two attached hydrogens (primary N) is 1. The van der Waals surface area contributed by atoms with Gasteiger partial charge in [0.2, 0.25) is 0 Å². The molecule has 2 atom stereocenters. The number of ether oxygens (including phenoxy) is 1. The third-order valence-electron chi connectivity index (χ3n) is 4.10. The first-order valence-electron chi connectivity index (χ1n) is 7.37. The van der Waals surface area contributed by atoms with Crippen LogP contribution in [0, 0.1) is 5.92 Å². The number of hydrogen-bond donors (Lipinski definition) is 2. The van der Waals surface area contributed by atoms with E-state index >= 15 is 0 Å². The van der Waals surface area contributed by atoms with E-state index in [0.29, 0.717) is 0 Å². The second kappa shape index (κ2) is 6.92. The summed E-state index contributed by atoms with van der Waals surface area (Å²) in [5.74, 6) is 1.69. The summed E-state index contributed by atoms with van der Waals surface area (Å²) in [7, 11) is 1.72. The van der Waals surface area contributed by atoms with Crippen molar-refractivity contribution in [1.29, 1.82) is 0 Å². The summed E-state index contributed by atoms with van der Waals surface area (Å²) in [4.78, 5) is 0. The van der Waals surface area contributed by atoms with E-state index in [4.69, 9.17) is 10.5 Å². The molecule has 0 spiro atoms. The van der Waals surface area contributed by atoms with Gasteiger partial charge >= 0.3 is 0 Å². The van der Waals surface area contributed by atoms with Crippen LogP contribution in [0.1, 0.15) is 43.4 Å². The molecule has 1 saturated heterocycles. The van der Waals surface area contributed by atoms with Gasteiger partial charge in [0.25, 0.3) is 0 Å². The smallest absolute Gasteiger partial charge is 0.122 e. The summed E-state index contributed by atoms with van der Waals surface area (Å²) < 4.78 is 5.37. The molecule has 1 fully saturated rings. The van der Waals surface area contributed by atoms with Gasteiger partial charge in [0.15, 0.2) is 0 Å². The molecule has 1 aromatic carbocycles. The summed E-state index contributed by atoms with van der Waals surface area (Å²) in [5, 5.41) is 3.46. The van der Waals surface area contributed by atoms with Crippen molar-refractivity contribution in [2.45, 2.75) is 38.6 Å². The van der Waals surface area contributed by atoms with Crippen molar-refractivity contribution >= 4 is 0 Å². The Morgan fingerprint density at radius 3 is 2.95 bits per heavy atom. The summed E-state index contributed by atoms with van der Waals surface area (Å²) >= 11 is 0. The Bertz CT molecular complexity index is 400. The molecule has 0 aliphatic carbocycles. The van der Waals surface area contributed by atoms with Crippen LogP contribution in [0.25, 0.3) is 0 Å². The van der Waals surface area contributed by atoms with E-state index in [1.165, 1.54) is 24.0 Å². The van der Waals surface area contributed by atoms with Crippen LogP contribution in [0.15, 0.2) is 18.2 Å². The molecular formula is C16H26N2O. The lowest BCUT2D eigenvalue weighted by molar-refractivity contribution is 0.336. The lowest BCUT2D eigenvalue weighted by atomic mass is 9.89. The third kappa shape index (κ3) is 3.71. The molecule has 1 aromatic rings. The van der Waals surface area contributed by atoms with Crippen LogP contribution in [0.4, 0.5) is 0 Å². The summed E-state index contributed by atoms with van der Waals surface area (Å²) in [6.07, 6.45) is 4.63. The highest BCUT2D eigenvalue weighted by Crippen LogP contribution is 2.27. The van der Waals surface area contributed by atoms with Crippen LogP contribution < -0.4 is 15.8 Å². The van der Waals surface area contributed by atoms with Crippen molar-refractivity contribution in [3.05, 3.63) is 29.3 Å². The predicted octanol–water partition coefficient (Wildman–Crippen LogP) is 2.65. The van der Waals surface area contributed by atoms with Gasteiger partial charge < -0.3 is 15.8 Å². The van der Waals surface area contributed by atoms with E-state index in [9.17, 15) is 0 Å². The molecule has 3 heteroatoms. The molecule has 1 aliphatic heterocycles. The number of benzene rings is 1. The molecule has 19 heavy (non-hydrogen) atoms. The van der Waals surface area contributed by atoms with Gasteiger partial charge in [-0.25, -0.2) is 0 Å². The zero-order valence-corrected chi connectivity index (χ0v) is 12.1. The maximum Gasteiger partial charge on any atom is 0.122 e. The molecular weight excluding hydrogens is 236 g/mol. The largest absolute Gasteiger partial charge is 0.496 e. The molecule has 0 aromatic heterocycles. The fourth-order valence-electron chi connectivity index (χ4n) is 2.93. The van der Waals surface area contributed by atoms with E-state index in [1.807, 2.05) is 6.07 Å². The Hall–Kier alpha value is -1.06. The van der Waals surface area contributed by atoms with Gasteiger partial charge in [0, 0.05) is 6.04 Å². The zero-order valence-electron chi connectivity index (χ0n) is 12.1. The van der Waals surface area contributed by atoms with E-state index in [-0.39, 0.29) is 6.04 Å². The standard InChI is InChI=1S/C16H26N2O/c1-3-13-10-14(6-7-16(13)19-2)15(17)9-12-5-4-8-18-11-12/h6-7,10,12,15,18H,3-5,8-9,11,17H2,1-2H3. The van der Waals surface area contributed by atoms with E-state index in [1.54, 1.807) is 7.11 Å². The fraction of sp³-hybridized carbons (Fsp3) is 0.625. The van der Waals surface area contributed by atoms with Crippen LogP contribution in [0.2, 0.25) is 0 Å². The zero-order chi connectivity index (χ0) is 13.7. The molecule has 1 heterocycles. The normalized spacial score (nSPS) is 21.1. The number of piperidine rings is 1. The highest BCUT2D eigenvalue weighted by molar-refractivity contribution is 5.38. The van der Waals surface area contributed by atoms with Gasteiger partial charge in [-0.05, 0) is 61.9 Å². The monoisotopic (exact) mass is 262 g/mol. The molecule has 3 N–H and O–H groups in total. The van der Waals surface area contributed by atoms with Gasteiger partial charge in [-0.15, -0.1) is 0 Å². The number of rotatable bonds is 5. The minimum Gasteiger partial charge on any atom is -0.496 e. The second-order valence-corrected chi connectivity index (χ2v) is 5.48. The van der Waals surface area contributed by atoms with Gasteiger partial charge in [-0.2, -0.15) is 0 Å². The van der Waals surface area contributed by atoms with Gasteiger partial charge in [-0.1, -0.05) is 19.1 Å². The van der Waals surface area contributed by atoms with E-state index in [0.717, 1.165) is 37.6 Å². The first kappa shape index (κ1) is 14.4. The number of methoxy groups -OCH3 is 1. The average Bonchev–Trinajstić information content (AvgIpc) is 2.47. The third-order valence-corrected chi connectivity index (χ3v) is 4.10. The predicted molar refractivity (Wildman–Crippen MR) is 79.5 cm³/mol. The summed E-state index contributed by atoms with van der Waals surface area (Å²) in [5.41, 5.74) is 8.86. The molecule has 1 aliphatic rings. The Kier molecular flexibility index (Phi) is 5.23. The van der Waals surface area contributed by atoms with Gasteiger partial charge in [-0.3, -0.25) is 0 Å². The average molecular weight is 262 g/mol. The highest BCUT2D eigenvalue weighted by atomic mass is 16.5. The van der Waals surface area contributed by atoms with E-state index < -0.39 is 0 Å². The van der Waals surface area contributed by atoms with Crippen molar-refractivity contribution in [2.24, 2.45) is 11.7 Å². The Balaban J connectivity index is 2.03. The Morgan fingerprint density at radius 2 is 2.32 bits per heavy atom. The van der Waals surface area contributed by atoms with Crippen molar-refractivity contribution in [3.8, 4) is 5.75 Å². The lowest BCUT2D eigenvalue weighted by Gasteiger charge is -2.26. The molecule has 0 saturated carbocycles. The first-order chi connectivity index (χ1) is 9.24. The van der Waals surface area contributed by atoms with E-state index in [2.05, 4.69) is 24.4 Å². The second-order valence-electron chi connectivity index (χ2n) is 5.48. The minimum atomic E-state index is 0.140. The van der Waals surface area contributed by atoms with Crippen LogP contribution in [0.3, 0.4) is 0 Å². The Morgan fingerprint density at radius 1 is 1.47 bits per heavy atom. The van der Waals surface area contributed by atoms with Crippen LogP contribution in [0.5, 0.6) is 5.75 Å². The summed E-state index contributed by atoms with van der Waals surface area (Å²) in [6, 6.07) is 6.51. The van der Waals surface area contributed by atoms with Crippen LogP contribution in [-0.4, -0.2) is 20.2 Å². The highest BCUT2D eigenvalue weighted by Gasteiger charge is 2.18. The minimum absolute atomic E-state index is 0.140. The number of aryl methyl sites for hydroxylation is 1. The van der Waals surface area contributed by atoms with Crippen molar-refractivity contribution < 1.29 is 4.74 Å². The maximum atomic E-state index is 6.37. The van der Waals surface area contributed by atoms with Gasteiger partial charge in [0.1, 0.15) is 5.75 Å². The molecule has 2 unspecified atom stereocenters. The van der Waals surface area contributed by atoms with Crippen molar-refractivity contribution in [3.63, 3.8) is 0 Å². The molecule has 3 nitrogen and oxygen atoms in total. The van der Waals surface area contributed by atoms with Crippen LogP contribution in [-0.2, 0) is 6.42 Å². The fourth-order valence-corrected chi connectivity index (χ4v) is 2.93. The number of hydrogen-bond acceptors (Lipinski definition) is 3. The molecule has 0 amide bonds. The molecule has 0 bridgehead atoms. The number of nitrogens with one attached hydrogen (secondary N) is 1. The molecule has 106 valence electrons. The quantitative estimate of drug-likeness (QED) is 0.857.